The maximum atomic E-state index is 12.3. The molecular weight excluding hydrogens is 250 g/mol. The third-order valence-electron chi connectivity index (χ3n) is 3.87. The molecule has 1 aromatic rings. The summed E-state index contributed by atoms with van der Waals surface area (Å²) in [4.78, 5) is 27.2. The first-order chi connectivity index (χ1) is 8.60. The van der Waals surface area contributed by atoms with E-state index in [1.165, 1.54) is 7.11 Å². The number of β-lactam (4-membered cyclic amide) rings is 1. The van der Waals surface area contributed by atoms with Gasteiger partial charge in [-0.1, -0.05) is 6.07 Å². The molecule has 0 N–H and O–H groups in total. The molecule has 96 valence electrons. The van der Waals surface area contributed by atoms with Crippen LogP contribution < -0.4 is 0 Å². The maximum Gasteiger partial charge on any atom is 0.323 e. The number of thiophene rings is 1. The minimum atomic E-state index is -1.04. The van der Waals surface area contributed by atoms with Gasteiger partial charge in [-0.05, 0) is 31.2 Å². The Morgan fingerprint density at radius 2 is 2.28 bits per heavy atom. The quantitative estimate of drug-likeness (QED) is 0.477. The SMILES string of the molecule is COC(=O)[C@@]1(C)C(=O)N(C2CC2)[C@H]1c1cccs1. The van der Waals surface area contributed by atoms with Crippen LogP contribution >= 0.6 is 11.3 Å². The fourth-order valence-corrected chi connectivity index (χ4v) is 3.67. The van der Waals surface area contributed by atoms with E-state index in [1.807, 2.05) is 22.4 Å². The Balaban J connectivity index is 1.98. The molecule has 0 unspecified atom stereocenters. The average molecular weight is 265 g/mol. The Bertz CT molecular complexity index is 494. The summed E-state index contributed by atoms with van der Waals surface area (Å²) in [5, 5.41) is 1.97. The molecule has 1 aliphatic heterocycles. The summed E-state index contributed by atoms with van der Waals surface area (Å²) in [6.45, 7) is 1.70. The summed E-state index contributed by atoms with van der Waals surface area (Å²) in [5.74, 6) is -0.516. The van der Waals surface area contributed by atoms with Crippen LogP contribution in [0.2, 0.25) is 0 Å². The van der Waals surface area contributed by atoms with Crippen molar-refractivity contribution in [2.75, 3.05) is 7.11 Å². The molecule has 0 bridgehead atoms. The molecule has 1 amide bonds. The minimum absolute atomic E-state index is 0.0877. The normalized spacial score (nSPS) is 31.1. The highest BCUT2D eigenvalue weighted by Gasteiger charge is 2.66. The van der Waals surface area contributed by atoms with Gasteiger partial charge >= 0.3 is 5.97 Å². The van der Waals surface area contributed by atoms with Gasteiger partial charge in [-0.3, -0.25) is 9.59 Å². The maximum absolute atomic E-state index is 12.3. The van der Waals surface area contributed by atoms with E-state index in [-0.39, 0.29) is 11.9 Å². The van der Waals surface area contributed by atoms with E-state index in [9.17, 15) is 9.59 Å². The molecule has 18 heavy (non-hydrogen) atoms. The third kappa shape index (κ3) is 1.37. The summed E-state index contributed by atoms with van der Waals surface area (Å²) in [5.41, 5.74) is -1.04. The van der Waals surface area contributed by atoms with E-state index >= 15 is 0 Å². The van der Waals surface area contributed by atoms with Gasteiger partial charge in [0.25, 0.3) is 0 Å². The summed E-state index contributed by atoms with van der Waals surface area (Å²) in [6, 6.07) is 4.11. The lowest BCUT2D eigenvalue weighted by atomic mass is 9.71. The van der Waals surface area contributed by atoms with Crippen molar-refractivity contribution in [3.8, 4) is 0 Å². The molecule has 2 aliphatic rings. The molecule has 2 atom stereocenters. The lowest BCUT2D eigenvalue weighted by Gasteiger charge is -2.52. The van der Waals surface area contributed by atoms with Crippen molar-refractivity contribution in [3.63, 3.8) is 0 Å². The molecule has 5 heteroatoms. The lowest BCUT2D eigenvalue weighted by Crippen LogP contribution is -2.66. The first-order valence-corrected chi connectivity index (χ1v) is 6.93. The number of ether oxygens (including phenoxy) is 1. The van der Waals surface area contributed by atoms with E-state index < -0.39 is 11.4 Å². The van der Waals surface area contributed by atoms with Crippen molar-refractivity contribution < 1.29 is 14.3 Å². The highest BCUT2D eigenvalue weighted by atomic mass is 32.1. The van der Waals surface area contributed by atoms with E-state index in [1.54, 1.807) is 18.3 Å². The number of hydrogen-bond donors (Lipinski definition) is 0. The fraction of sp³-hybridized carbons (Fsp3) is 0.538. The standard InChI is InChI=1S/C13H15NO3S/c1-13(12(16)17-2)10(9-4-3-7-18-9)14(11(13)15)8-5-6-8/h3-4,7-8,10H,5-6H2,1-2H3/t10-,13+/m0/s1. The van der Waals surface area contributed by atoms with Gasteiger partial charge in [-0.2, -0.15) is 0 Å². The van der Waals surface area contributed by atoms with Crippen LogP contribution in [0.25, 0.3) is 0 Å². The molecule has 0 spiro atoms. The lowest BCUT2D eigenvalue weighted by molar-refractivity contribution is -0.188. The number of likely N-dealkylation sites (tertiary alicyclic amines) is 1. The van der Waals surface area contributed by atoms with Crippen molar-refractivity contribution in [1.29, 1.82) is 0 Å². The van der Waals surface area contributed by atoms with E-state index in [0.717, 1.165) is 17.7 Å². The van der Waals surface area contributed by atoms with Gasteiger partial charge in [0.1, 0.15) is 0 Å². The van der Waals surface area contributed by atoms with E-state index in [4.69, 9.17) is 4.74 Å². The molecule has 1 aliphatic carbocycles. The van der Waals surface area contributed by atoms with Gasteiger partial charge in [-0.15, -0.1) is 11.3 Å². The first kappa shape index (κ1) is 11.7. The Kier molecular flexibility index (Phi) is 2.48. The first-order valence-electron chi connectivity index (χ1n) is 6.05. The van der Waals surface area contributed by atoms with Gasteiger partial charge in [0.2, 0.25) is 5.91 Å². The van der Waals surface area contributed by atoms with Crippen molar-refractivity contribution in [2.24, 2.45) is 5.41 Å². The molecule has 0 aromatic carbocycles. The molecule has 2 fully saturated rings. The zero-order valence-corrected chi connectivity index (χ0v) is 11.2. The van der Waals surface area contributed by atoms with Gasteiger partial charge in [0, 0.05) is 10.9 Å². The van der Waals surface area contributed by atoms with Crippen molar-refractivity contribution in [2.45, 2.75) is 31.8 Å². The van der Waals surface area contributed by atoms with Crippen molar-refractivity contribution >= 4 is 23.2 Å². The van der Waals surface area contributed by atoms with Gasteiger partial charge in [-0.25, -0.2) is 0 Å². The second kappa shape index (κ2) is 3.82. The molecule has 1 saturated carbocycles. The van der Waals surface area contributed by atoms with Crippen LogP contribution in [0.1, 0.15) is 30.7 Å². The second-order valence-electron chi connectivity index (χ2n) is 5.06. The van der Waals surface area contributed by atoms with Crippen LogP contribution in [0.15, 0.2) is 17.5 Å². The minimum Gasteiger partial charge on any atom is -0.468 e. The highest BCUT2D eigenvalue weighted by molar-refractivity contribution is 7.10. The molecule has 1 aromatic heterocycles. The Labute approximate surface area is 110 Å². The number of nitrogens with zero attached hydrogens (tertiary/aromatic N) is 1. The van der Waals surface area contributed by atoms with Crippen LogP contribution in [0.5, 0.6) is 0 Å². The topological polar surface area (TPSA) is 46.6 Å². The smallest absolute Gasteiger partial charge is 0.323 e. The zero-order valence-electron chi connectivity index (χ0n) is 10.4. The molecule has 2 heterocycles. The number of carbonyl (C=O) groups is 2. The molecular formula is C13H15NO3S. The number of carbonyl (C=O) groups excluding carboxylic acids is 2. The predicted octanol–water partition coefficient (Wildman–Crippen LogP) is 1.97. The van der Waals surface area contributed by atoms with Crippen molar-refractivity contribution in [3.05, 3.63) is 22.4 Å². The molecule has 3 rings (SSSR count). The number of rotatable bonds is 3. The number of amides is 1. The largest absolute Gasteiger partial charge is 0.468 e. The van der Waals surface area contributed by atoms with Crippen LogP contribution in [0, 0.1) is 5.41 Å². The number of methoxy groups -OCH3 is 1. The third-order valence-corrected chi connectivity index (χ3v) is 4.79. The molecule has 1 saturated heterocycles. The van der Waals surface area contributed by atoms with Gasteiger partial charge in [0.15, 0.2) is 5.41 Å². The van der Waals surface area contributed by atoms with Crippen LogP contribution in [0.4, 0.5) is 0 Å². The highest BCUT2D eigenvalue weighted by Crippen LogP contribution is 2.55. The summed E-state index contributed by atoms with van der Waals surface area (Å²) >= 11 is 1.59. The molecule has 4 nitrogen and oxygen atoms in total. The average Bonchev–Trinajstić information content (AvgIpc) is 3.07. The predicted molar refractivity (Wildman–Crippen MR) is 67.1 cm³/mol. The monoisotopic (exact) mass is 265 g/mol. The van der Waals surface area contributed by atoms with Gasteiger partial charge < -0.3 is 9.64 Å². The Hall–Kier alpha value is -1.36. The van der Waals surface area contributed by atoms with Crippen molar-refractivity contribution in [1.82, 2.24) is 4.90 Å². The van der Waals surface area contributed by atoms with Crippen LogP contribution in [-0.4, -0.2) is 29.9 Å². The van der Waals surface area contributed by atoms with Gasteiger partial charge in [0.05, 0.1) is 13.2 Å². The van der Waals surface area contributed by atoms with Crippen LogP contribution in [0.3, 0.4) is 0 Å². The second-order valence-corrected chi connectivity index (χ2v) is 6.03. The zero-order chi connectivity index (χ0) is 12.9. The number of hydrogen-bond acceptors (Lipinski definition) is 4. The molecule has 0 radical (unpaired) electrons. The summed E-state index contributed by atoms with van der Waals surface area (Å²) in [7, 11) is 1.34. The summed E-state index contributed by atoms with van der Waals surface area (Å²) < 4.78 is 4.82. The summed E-state index contributed by atoms with van der Waals surface area (Å²) in [6.07, 6.45) is 2.09. The number of esters is 1. The van der Waals surface area contributed by atoms with E-state index in [2.05, 4.69) is 0 Å². The Morgan fingerprint density at radius 3 is 2.78 bits per heavy atom. The fourth-order valence-electron chi connectivity index (χ4n) is 2.72. The Morgan fingerprint density at radius 1 is 1.56 bits per heavy atom. The van der Waals surface area contributed by atoms with E-state index in [0.29, 0.717) is 6.04 Å². The van der Waals surface area contributed by atoms with Crippen LogP contribution in [-0.2, 0) is 14.3 Å².